The third-order valence-electron chi connectivity index (χ3n) is 3.82. The number of nitrogens with zero attached hydrogens (tertiary/aromatic N) is 3. The highest BCUT2D eigenvalue weighted by molar-refractivity contribution is 14.0. The third kappa shape index (κ3) is 8.09. The number of nitrogens with one attached hydrogen (secondary N) is 2. The lowest BCUT2D eigenvalue weighted by Gasteiger charge is -2.29. The zero-order chi connectivity index (χ0) is 16.5. The quantitative estimate of drug-likeness (QED) is 0.364. The molecule has 1 unspecified atom stereocenters. The van der Waals surface area contributed by atoms with Crippen LogP contribution in [0.25, 0.3) is 0 Å². The zero-order valence-electron chi connectivity index (χ0n) is 14.9. The molecule has 8 heteroatoms. The largest absolute Gasteiger partial charge is 0.379 e. The van der Waals surface area contributed by atoms with E-state index in [1.165, 1.54) is 9.88 Å². The highest BCUT2D eigenvalue weighted by Gasteiger charge is 2.13. The Hall–Kier alpha value is -0.450. The lowest BCUT2D eigenvalue weighted by atomic mass is 10.1. The summed E-state index contributed by atoms with van der Waals surface area (Å²) in [6.45, 7) is 11.1. The average Bonchev–Trinajstić information content (AvgIpc) is 2.97. The number of aliphatic imine (C=N–C) groups is 1. The number of hydrogen-bond acceptors (Lipinski definition) is 5. The van der Waals surface area contributed by atoms with Gasteiger partial charge in [-0.2, -0.15) is 0 Å². The van der Waals surface area contributed by atoms with Crippen LogP contribution in [0, 0.1) is 12.8 Å². The third-order valence-corrected chi connectivity index (χ3v) is 4.79. The van der Waals surface area contributed by atoms with Gasteiger partial charge in [0, 0.05) is 57.3 Å². The lowest BCUT2D eigenvalue weighted by Crippen LogP contribution is -2.44. The van der Waals surface area contributed by atoms with Gasteiger partial charge in [-0.25, -0.2) is 4.98 Å². The number of halogens is 1. The van der Waals surface area contributed by atoms with Gasteiger partial charge in [0.25, 0.3) is 0 Å². The van der Waals surface area contributed by atoms with Gasteiger partial charge in [0.15, 0.2) is 5.96 Å². The summed E-state index contributed by atoms with van der Waals surface area (Å²) in [6.07, 6.45) is 2.86. The predicted molar refractivity (Wildman–Crippen MR) is 112 cm³/mol. The highest BCUT2D eigenvalue weighted by atomic mass is 127. The molecule has 1 aliphatic heterocycles. The van der Waals surface area contributed by atoms with Crippen LogP contribution in [0.4, 0.5) is 0 Å². The molecule has 0 bridgehead atoms. The topological polar surface area (TPSA) is 61.8 Å². The SMILES string of the molecule is CN=C(NCCc1ncc(C)s1)NCC(C)CN1CCOCC1.I. The fraction of sp³-hybridized carbons (Fsp3) is 0.750. The molecule has 0 saturated carbocycles. The van der Waals surface area contributed by atoms with Crippen LogP contribution < -0.4 is 10.6 Å². The number of aromatic nitrogens is 1. The smallest absolute Gasteiger partial charge is 0.190 e. The molecule has 1 saturated heterocycles. The molecule has 0 aromatic carbocycles. The van der Waals surface area contributed by atoms with E-state index in [-0.39, 0.29) is 24.0 Å². The van der Waals surface area contributed by atoms with E-state index in [4.69, 9.17) is 4.74 Å². The molecule has 138 valence electrons. The number of aryl methyl sites for hydroxylation is 1. The number of thiazole rings is 1. The molecule has 2 N–H and O–H groups in total. The normalized spacial score (nSPS) is 17.2. The number of hydrogen-bond donors (Lipinski definition) is 2. The van der Waals surface area contributed by atoms with Crippen LogP contribution in [0.1, 0.15) is 16.8 Å². The second kappa shape index (κ2) is 12.0. The molecule has 1 aromatic heterocycles. The minimum atomic E-state index is 0. The molecule has 0 amide bonds. The van der Waals surface area contributed by atoms with Crippen LogP contribution in [0.3, 0.4) is 0 Å². The Bertz CT molecular complexity index is 491. The molecule has 24 heavy (non-hydrogen) atoms. The van der Waals surface area contributed by atoms with Gasteiger partial charge < -0.3 is 15.4 Å². The minimum absolute atomic E-state index is 0. The van der Waals surface area contributed by atoms with Crippen molar-refractivity contribution in [3.8, 4) is 0 Å². The van der Waals surface area contributed by atoms with E-state index in [9.17, 15) is 0 Å². The van der Waals surface area contributed by atoms with Gasteiger partial charge >= 0.3 is 0 Å². The molecule has 2 rings (SSSR count). The number of rotatable bonds is 7. The Labute approximate surface area is 166 Å². The number of ether oxygens (including phenoxy) is 1. The van der Waals surface area contributed by atoms with E-state index < -0.39 is 0 Å². The maximum Gasteiger partial charge on any atom is 0.190 e. The Balaban J connectivity index is 0.00000288. The van der Waals surface area contributed by atoms with Crippen molar-refractivity contribution in [3.63, 3.8) is 0 Å². The van der Waals surface area contributed by atoms with Crippen LogP contribution in [0.5, 0.6) is 0 Å². The van der Waals surface area contributed by atoms with E-state index in [1.54, 1.807) is 11.3 Å². The predicted octanol–water partition coefficient (Wildman–Crippen LogP) is 1.75. The summed E-state index contributed by atoms with van der Waals surface area (Å²) in [6, 6.07) is 0. The molecular formula is C16H30IN5OS. The van der Waals surface area contributed by atoms with E-state index in [1.807, 2.05) is 13.2 Å². The first-order chi connectivity index (χ1) is 11.2. The first kappa shape index (κ1) is 21.6. The Morgan fingerprint density at radius 3 is 2.79 bits per heavy atom. The molecule has 0 aliphatic carbocycles. The molecule has 0 spiro atoms. The van der Waals surface area contributed by atoms with Gasteiger partial charge in [-0.15, -0.1) is 35.3 Å². The molecule has 1 atom stereocenters. The standard InChI is InChI=1S/C16H29N5OS.HI/c1-13(12-21-6-8-22-9-7-21)10-20-16(17-3)18-5-4-15-19-11-14(2)23-15;/h11,13H,4-10,12H2,1-3H3,(H2,17,18,20);1H. The Morgan fingerprint density at radius 1 is 1.42 bits per heavy atom. The number of guanidine groups is 1. The summed E-state index contributed by atoms with van der Waals surface area (Å²) in [4.78, 5) is 12.4. The van der Waals surface area contributed by atoms with Crippen LogP contribution in [-0.4, -0.2) is 68.8 Å². The molecule has 6 nitrogen and oxygen atoms in total. The summed E-state index contributed by atoms with van der Waals surface area (Å²) in [5.41, 5.74) is 0. The monoisotopic (exact) mass is 467 g/mol. The Morgan fingerprint density at radius 2 is 2.17 bits per heavy atom. The van der Waals surface area contributed by atoms with Gasteiger partial charge in [-0.1, -0.05) is 6.92 Å². The van der Waals surface area contributed by atoms with Crippen LogP contribution in [0.2, 0.25) is 0 Å². The zero-order valence-corrected chi connectivity index (χ0v) is 18.0. The van der Waals surface area contributed by atoms with E-state index in [0.29, 0.717) is 5.92 Å². The van der Waals surface area contributed by atoms with Gasteiger partial charge in [-0.3, -0.25) is 9.89 Å². The molecule has 1 aliphatic rings. The minimum Gasteiger partial charge on any atom is -0.379 e. The van der Waals surface area contributed by atoms with E-state index in [2.05, 4.69) is 39.4 Å². The first-order valence-electron chi connectivity index (χ1n) is 8.33. The number of morpholine rings is 1. The molecule has 1 aromatic rings. The van der Waals surface area contributed by atoms with E-state index in [0.717, 1.165) is 58.3 Å². The van der Waals surface area contributed by atoms with Crippen molar-refractivity contribution in [2.24, 2.45) is 10.9 Å². The van der Waals surface area contributed by atoms with Crippen molar-refractivity contribution in [2.45, 2.75) is 20.3 Å². The molecule has 2 heterocycles. The van der Waals surface area contributed by atoms with Gasteiger partial charge in [0.2, 0.25) is 0 Å². The summed E-state index contributed by atoms with van der Waals surface area (Å²) >= 11 is 1.76. The van der Waals surface area contributed by atoms with E-state index >= 15 is 0 Å². The summed E-state index contributed by atoms with van der Waals surface area (Å²) < 4.78 is 5.39. The van der Waals surface area contributed by atoms with Crippen molar-refractivity contribution < 1.29 is 4.74 Å². The molecular weight excluding hydrogens is 437 g/mol. The average molecular weight is 467 g/mol. The van der Waals surface area contributed by atoms with Crippen LogP contribution in [-0.2, 0) is 11.2 Å². The maximum absolute atomic E-state index is 5.39. The Kier molecular flexibility index (Phi) is 10.8. The second-order valence-corrected chi connectivity index (χ2v) is 7.33. The highest BCUT2D eigenvalue weighted by Crippen LogP contribution is 2.10. The van der Waals surface area contributed by atoms with Crippen molar-refractivity contribution in [1.82, 2.24) is 20.5 Å². The van der Waals surface area contributed by atoms with Crippen LogP contribution >= 0.6 is 35.3 Å². The molecule has 1 fully saturated rings. The maximum atomic E-state index is 5.39. The van der Waals surface area contributed by atoms with Gasteiger partial charge in [0.05, 0.1) is 18.2 Å². The van der Waals surface area contributed by atoms with Gasteiger partial charge in [-0.05, 0) is 12.8 Å². The fourth-order valence-corrected chi connectivity index (χ4v) is 3.37. The van der Waals surface area contributed by atoms with Crippen molar-refractivity contribution in [3.05, 3.63) is 16.1 Å². The van der Waals surface area contributed by atoms with Crippen molar-refractivity contribution in [1.29, 1.82) is 0 Å². The van der Waals surface area contributed by atoms with Crippen molar-refractivity contribution in [2.75, 3.05) is 53.0 Å². The molecule has 0 radical (unpaired) electrons. The van der Waals surface area contributed by atoms with Crippen molar-refractivity contribution >= 4 is 41.3 Å². The van der Waals surface area contributed by atoms with Gasteiger partial charge in [0.1, 0.15) is 0 Å². The lowest BCUT2D eigenvalue weighted by molar-refractivity contribution is 0.0320. The fourth-order valence-electron chi connectivity index (χ4n) is 2.59. The van der Waals surface area contributed by atoms with Crippen LogP contribution in [0.15, 0.2) is 11.2 Å². The summed E-state index contributed by atoms with van der Waals surface area (Å²) in [7, 11) is 1.81. The summed E-state index contributed by atoms with van der Waals surface area (Å²) in [5, 5.41) is 7.94. The second-order valence-electron chi connectivity index (χ2n) is 6.01. The summed E-state index contributed by atoms with van der Waals surface area (Å²) in [5.74, 6) is 1.44. The first-order valence-corrected chi connectivity index (χ1v) is 9.15.